The van der Waals surface area contributed by atoms with Crippen LogP contribution in [0, 0.1) is 0 Å². The quantitative estimate of drug-likeness (QED) is 0.499. The molecule has 3 aromatic rings. The number of methoxy groups -OCH3 is 1. The van der Waals surface area contributed by atoms with E-state index in [1.165, 1.54) is 11.3 Å². The molecule has 2 heterocycles. The number of fused-ring (bicyclic) bond motifs is 1. The van der Waals surface area contributed by atoms with Crippen molar-refractivity contribution in [1.29, 1.82) is 0 Å². The molecule has 1 atom stereocenters. The maximum Gasteiger partial charge on any atom is 0.346 e. The zero-order chi connectivity index (χ0) is 22.1. The van der Waals surface area contributed by atoms with Crippen LogP contribution in [0.4, 0.5) is 5.69 Å². The second-order valence-electron chi connectivity index (χ2n) is 6.97. The minimum atomic E-state index is -1.05. The summed E-state index contributed by atoms with van der Waals surface area (Å²) in [7, 11) is 1.56. The van der Waals surface area contributed by atoms with Gasteiger partial charge in [0.15, 0.2) is 11.5 Å². The molecule has 31 heavy (non-hydrogen) atoms. The van der Waals surface area contributed by atoms with Gasteiger partial charge in [-0.15, -0.1) is 11.3 Å². The number of thiophene rings is 1. The number of hydrogen-bond acceptors (Lipinski definition) is 5. The van der Waals surface area contributed by atoms with Crippen LogP contribution in [0.25, 0.3) is 11.1 Å². The zero-order valence-corrected chi connectivity index (χ0v) is 18.5. The average Bonchev–Trinajstić information content (AvgIpc) is 3.14. The van der Waals surface area contributed by atoms with Crippen molar-refractivity contribution in [3.8, 4) is 22.6 Å². The molecule has 1 aliphatic heterocycles. The molecule has 0 unspecified atom stereocenters. The molecule has 1 aromatic heterocycles. The fourth-order valence-electron chi connectivity index (χ4n) is 3.85. The summed E-state index contributed by atoms with van der Waals surface area (Å²) in [6, 6.07) is 12.4. The molecule has 6 nitrogen and oxygen atoms in total. The van der Waals surface area contributed by atoms with Gasteiger partial charge in [-0.3, -0.25) is 4.79 Å². The van der Waals surface area contributed by atoms with E-state index in [9.17, 15) is 14.7 Å². The molecule has 0 aliphatic carbocycles. The second kappa shape index (κ2) is 8.61. The average molecular weight is 458 g/mol. The first kappa shape index (κ1) is 21.2. The molecule has 4 rings (SSSR count). The van der Waals surface area contributed by atoms with E-state index in [2.05, 4.69) is 5.32 Å². The Bertz CT molecular complexity index is 1160. The standard InChI is InChI=1S/C23H20ClNO5S/c1-3-30-20-14(5-4-6-16(20)29-2)15-11-17(26)25-19-18(12-7-9-13(24)10-8-12)22(23(27)28)31-21(15)19/h4-10,15H,3,11H2,1-2H3,(H,25,26)(H,27,28)/t15-/m1/s1. The molecule has 8 heteroatoms. The van der Waals surface area contributed by atoms with Gasteiger partial charge >= 0.3 is 5.97 Å². The van der Waals surface area contributed by atoms with Crippen LogP contribution in [0.3, 0.4) is 0 Å². The number of ether oxygens (including phenoxy) is 2. The van der Waals surface area contributed by atoms with Crippen LogP contribution in [0.15, 0.2) is 42.5 Å². The van der Waals surface area contributed by atoms with E-state index in [0.717, 1.165) is 10.4 Å². The zero-order valence-electron chi connectivity index (χ0n) is 16.9. The Morgan fingerprint density at radius 2 is 2.00 bits per heavy atom. The summed E-state index contributed by atoms with van der Waals surface area (Å²) < 4.78 is 11.3. The monoisotopic (exact) mass is 457 g/mol. The van der Waals surface area contributed by atoms with Crippen molar-refractivity contribution in [3.63, 3.8) is 0 Å². The molecule has 0 saturated carbocycles. The Kier molecular flexibility index (Phi) is 5.89. The summed E-state index contributed by atoms with van der Waals surface area (Å²) in [6.07, 6.45) is 0.180. The van der Waals surface area contributed by atoms with Crippen LogP contribution < -0.4 is 14.8 Å². The van der Waals surface area contributed by atoms with Gasteiger partial charge < -0.3 is 19.9 Å². The lowest BCUT2D eigenvalue weighted by molar-refractivity contribution is -0.116. The first-order chi connectivity index (χ1) is 14.9. The Morgan fingerprint density at radius 3 is 2.65 bits per heavy atom. The summed E-state index contributed by atoms with van der Waals surface area (Å²) in [5.41, 5.74) is 2.48. The third-order valence-electron chi connectivity index (χ3n) is 5.13. The van der Waals surface area contributed by atoms with Crippen LogP contribution in [-0.2, 0) is 4.79 Å². The van der Waals surface area contributed by atoms with Gasteiger partial charge in [-0.2, -0.15) is 0 Å². The number of hydrogen-bond donors (Lipinski definition) is 2. The molecule has 2 aromatic carbocycles. The highest BCUT2D eigenvalue weighted by Crippen LogP contribution is 2.51. The minimum absolute atomic E-state index is 0.167. The maximum atomic E-state index is 12.7. The van der Waals surface area contributed by atoms with Gasteiger partial charge in [0, 0.05) is 33.4 Å². The Labute approximate surface area is 188 Å². The second-order valence-corrected chi connectivity index (χ2v) is 8.46. The predicted octanol–water partition coefficient (Wildman–Crippen LogP) is 5.65. The maximum absolute atomic E-state index is 12.7. The van der Waals surface area contributed by atoms with Gasteiger partial charge in [0.2, 0.25) is 5.91 Å². The van der Waals surface area contributed by atoms with Crippen molar-refractivity contribution in [2.45, 2.75) is 19.3 Å². The first-order valence-corrected chi connectivity index (χ1v) is 10.9. The van der Waals surface area contributed by atoms with Crippen LogP contribution in [0.5, 0.6) is 11.5 Å². The van der Waals surface area contributed by atoms with E-state index in [4.69, 9.17) is 21.1 Å². The summed E-state index contributed by atoms with van der Waals surface area (Å²) in [5.74, 6) is -0.457. The van der Waals surface area contributed by atoms with Crippen LogP contribution >= 0.6 is 22.9 Å². The molecule has 0 fully saturated rings. The molecule has 1 amide bonds. The number of carbonyl (C=O) groups is 2. The van der Waals surface area contributed by atoms with Crippen molar-refractivity contribution in [3.05, 3.63) is 62.8 Å². The van der Waals surface area contributed by atoms with Gasteiger partial charge in [0.1, 0.15) is 4.88 Å². The van der Waals surface area contributed by atoms with E-state index in [1.807, 2.05) is 19.1 Å². The molecule has 0 spiro atoms. The lowest BCUT2D eigenvalue weighted by Crippen LogP contribution is -2.23. The van der Waals surface area contributed by atoms with Crippen LogP contribution in [0.1, 0.15) is 39.4 Å². The number of benzene rings is 2. The topological polar surface area (TPSA) is 84.9 Å². The van der Waals surface area contributed by atoms with Gasteiger partial charge in [-0.05, 0) is 30.7 Å². The van der Waals surface area contributed by atoms with E-state index in [1.54, 1.807) is 37.4 Å². The summed E-state index contributed by atoms with van der Waals surface area (Å²) in [4.78, 5) is 25.7. The first-order valence-electron chi connectivity index (χ1n) is 9.70. The fourth-order valence-corrected chi connectivity index (χ4v) is 5.21. The van der Waals surface area contributed by atoms with Crippen molar-refractivity contribution in [2.75, 3.05) is 19.0 Å². The third-order valence-corrected chi connectivity index (χ3v) is 6.67. The number of rotatable bonds is 6. The fraction of sp³-hybridized carbons (Fsp3) is 0.217. The van der Waals surface area contributed by atoms with Gasteiger partial charge in [-0.1, -0.05) is 35.9 Å². The molecule has 1 aliphatic rings. The highest BCUT2D eigenvalue weighted by Gasteiger charge is 2.36. The van der Waals surface area contributed by atoms with E-state index < -0.39 is 5.97 Å². The normalized spacial score (nSPS) is 15.2. The number of carboxylic acids is 1. The predicted molar refractivity (Wildman–Crippen MR) is 121 cm³/mol. The van der Waals surface area contributed by atoms with Crippen molar-refractivity contribution < 1.29 is 24.2 Å². The Balaban J connectivity index is 1.94. The number of aromatic carboxylic acids is 1. The van der Waals surface area contributed by atoms with Gasteiger partial charge in [0.05, 0.1) is 19.4 Å². The summed E-state index contributed by atoms with van der Waals surface area (Å²) >= 11 is 7.18. The highest BCUT2D eigenvalue weighted by atomic mass is 35.5. The third kappa shape index (κ3) is 3.86. The number of amides is 1. The lowest BCUT2D eigenvalue weighted by Gasteiger charge is -2.26. The number of halogens is 1. The number of nitrogens with one attached hydrogen (secondary N) is 1. The number of carboxylic acid groups (broad SMARTS) is 1. The molecule has 2 N–H and O–H groups in total. The smallest absolute Gasteiger partial charge is 0.346 e. The molecule has 160 valence electrons. The van der Waals surface area contributed by atoms with Gasteiger partial charge in [0.25, 0.3) is 0 Å². The number of carbonyl (C=O) groups excluding carboxylic acids is 1. The molecular formula is C23H20ClNO5S. The largest absolute Gasteiger partial charge is 0.493 e. The highest BCUT2D eigenvalue weighted by molar-refractivity contribution is 7.15. The summed E-state index contributed by atoms with van der Waals surface area (Å²) in [5, 5.41) is 13.3. The summed E-state index contributed by atoms with van der Waals surface area (Å²) in [6.45, 7) is 2.31. The number of anilines is 1. The lowest BCUT2D eigenvalue weighted by atomic mass is 9.88. The van der Waals surface area contributed by atoms with Crippen molar-refractivity contribution in [2.24, 2.45) is 0 Å². The number of para-hydroxylation sites is 1. The Morgan fingerprint density at radius 1 is 1.26 bits per heavy atom. The SMILES string of the molecule is CCOc1c(OC)cccc1[C@H]1CC(=O)Nc2c1sc(C(=O)O)c2-c1ccc(Cl)cc1. The molecule has 0 bridgehead atoms. The minimum Gasteiger partial charge on any atom is -0.493 e. The molecule has 0 radical (unpaired) electrons. The van der Waals surface area contributed by atoms with E-state index in [-0.39, 0.29) is 23.1 Å². The van der Waals surface area contributed by atoms with Crippen LogP contribution in [0.2, 0.25) is 5.02 Å². The van der Waals surface area contributed by atoms with Gasteiger partial charge in [-0.25, -0.2) is 4.79 Å². The van der Waals surface area contributed by atoms with Crippen molar-refractivity contribution in [1.82, 2.24) is 0 Å². The van der Waals surface area contributed by atoms with Crippen LogP contribution in [-0.4, -0.2) is 30.7 Å². The molecule has 0 saturated heterocycles. The van der Waals surface area contributed by atoms with E-state index >= 15 is 0 Å². The Hall–Kier alpha value is -3.03. The molecular weight excluding hydrogens is 438 g/mol. The van der Waals surface area contributed by atoms with Crippen molar-refractivity contribution >= 4 is 40.5 Å². The van der Waals surface area contributed by atoms with E-state index in [0.29, 0.717) is 39.9 Å².